The van der Waals surface area contributed by atoms with E-state index in [9.17, 15) is 10.2 Å². The van der Waals surface area contributed by atoms with Gasteiger partial charge in [-0.15, -0.1) is 0 Å². The Bertz CT molecular complexity index is 579. The van der Waals surface area contributed by atoms with E-state index >= 15 is 0 Å². The van der Waals surface area contributed by atoms with E-state index in [1.807, 2.05) is 0 Å². The Kier molecular flexibility index (Phi) is 3.48. The van der Waals surface area contributed by atoms with Crippen LogP contribution in [-0.2, 0) is 0 Å². The van der Waals surface area contributed by atoms with E-state index < -0.39 is 0 Å². The summed E-state index contributed by atoms with van der Waals surface area (Å²) in [7, 11) is 1.55. The van der Waals surface area contributed by atoms with Crippen molar-refractivity contribution in [3.63, 3.8) is 0 Å². The minimum atomic E-state index is 0.0936. The average molecular weight is 243 g/mol. The summed E-state index contributed by atoms with van der Waals surface area (Å²) in [4.78, 5) is 4.12. The van der Waals surface area contributed by atoms with Gasteiger partial charge in [-0.05, 0) is 30.3 Å². The van der Waals surface area contributed by atoms with E-state index in [0.717, 1.165) is 0 Å². The summed E-state index contributed by atoms with van der Waals surface area (Å²) in [5.41, 5.74) is 0.970. The normalized spacial score (nSPS) is 10.7. The second-order valence-electron chi connectivity index (χ2n) is 3.67. The molecule has 18 heavy (non-hydrogen) atoms. The number of rotatable bonds is 3. The van der Waals surface area contributed by atoms with Crippen molar-refractivity contribution < 1.29 is 14.9 Å². The van der Waals surface area contributed by atoms with Crippen LogP contribution in [0.3, 0.4) is 0 Å². The number of para-hydroxylation sites is 2. The summed E-state index contributed by atoms with van der Waals surface area (Å²) in [6.07, 6.45) is 1.48. The molecule has 2 aromatic carbocycles. The highest BCUT2D eigenvalue weighted by atomic mass is 16.5. The van der Waals surface area contributed by atoms with Gasteiger partial charge >= 0.3 is 0 Å². The Balaban J connectivity index is 2.31. The predicted octanol–water partition coefficient (Wildman–Crippen LogP) is 2.86. The molecule has 0 aliphatic heterocycles. The fourth-order valence-electron chi connectivity index (χ4n) is 1.48. The van der Waals surface area contributed by atoms with Crippen LogP contribution in [0.5, 0.6) is 17.2 Å². The maximum atomic E-state index is 9.67. The monoisotopic (exact) mass is 243 g/mol. The molecular formula is C14H13NO3. The molecule has 4 nitrogen and oxygen atoms in total. The van der Waals surface area contributed by atoms with E-state index in [2.05, 4.69) is 4.99 Å². The van der Waals surface area contributed by atoms with Crippen LogP contribution >= 0.6 is 0 Å². The molecule has 0 heterocycles. The van der Waals surface area contributed by atoms with Crippen molar-refractivity contribution in [2.45, 2.75) is 0 Å². The zero-order valence-corrected chi connectivity index (χ0v) is 9.87. The smallest absolute Gasteiger partial charge is 0.141 e. The lowest BCUT2D eigenvalue weighted by Gasteiger charge is -2.03. The lowest BCUT2D eigenvalue weighted by molar-refractivity contribution is 0.412. The summed E-state index contributed by atoms with van der Waals surface area (Å²) < 4.78 is 5.06. The molecule has 2 rings (SSSR count). The van der Waals surface area contributed by atoms with Crippen molar-refractivity contribution in [2.75, 3.05) is 7.11 Å². The number of hydrogen-bond acceptors (Lipinski definition) is 4. The molecule has 0 fully saturated rings. The molecule has 4 heteroatoms. The van der Waals surface area contributed by atoms with Crippen LogP contribution in [0.4, 0.5) is 5.69 Å². The molecule has 0 radical (unpaired) electrons. The minimum absolute atomic E-state index is 0.0936. The van der Waals surface area contributed by atoms with E-state index in [-0.39, 0.29) is 11.5 Å². The molecule has 0 aromatic heterocycles. The van der Waals surface area contributed by atoms with Crippen LogP contribution in [-0.4, -0.2) is 23.5 Å². The number of aromatic hydroxyl groups is 2. The number of aliphatic imine (C=N–C) groups is 1. The van der Waals surface area contributed by atoms with Crippen LogP contribution in [0.25, 0.3) is 0 Å². The van der Waals surface area contributed by atoms with Gasteiger partial charge < -0.3 is 14.9 Å². The molecule has 92 valence electrons. The highest BCUT2D eigenvalue weighted by molar-refractivity contribution is 5.86. The van der Waals surface area contributed by atoms with Gasteiger partial charge in [-0.1, -0.05) is 12.1 Å². The first kappa shape index (κ1) is 12.0. The molecule has 0 saturated heterocycles. The first-order valence-corrected chi connectivity index (χ1v) is 5.40. The third kappa shape index (κ3) is 2.60. The van der Waals surface area contributed by atoms with E-state index in [1.54, 1.807) is 43.5 Å². The van der Waals surface area contributed by atoms with Crippen LogP contribution < -0.4 is 4.74 Å². The number of methoxy groups -OCH3 is 1. The van der Waals surface area contributed by atoms with Crippen molar-refractivity contribution >= 4 is 11.9 Å². The average Bonchev–Trinajstić information content (AvgIpc) is 2.39. The predicted molar refractivity (Wildman–Crippen MR) is 70.0 cm³/mol. The fraction of sp³-hybridized carbons (Fsp3) is 0.0714. The van der Waals surface area contributed by atoms with E-state index in [4.69, 9.17) is 4.74 Å². The Morgan fingerprint density at radius 3 is 2.56 bits per heavy atom. The quantitative estimate of drug-likeness (QED) is 0.815. The van der Waals surface area contributed by atoms with Gasteiger partial charge in [-0.3, -0.25) is 4.99 Å². The lowest BCUT2D eigenvalue weighted by Crippen LogP contribution is -1.87. The number of benzene rings is 2. The number of ether oxygens (including phenoxy) is 1. The summed E-state index contributed by atoms with van der Waals surface area (Å²) in [5, 5.41) is 19.2. The number of phenolic OH excluding ortho intramolecular Hbond substituents is 2. The largest absolute Gasteiger partial charge is 0.507 e. The van der Waals surface area contributed by atoms with Gasteiger partial charge in [-0.2, -0.15) is 0 Å². The molecule has 0 amide bonds. The van der Waals surface area contributed by atoms with E-state index in [1.165, 1.54) is 12.3 Å². The Morgan fingerprint density at radius 2 is 1.83 bits per heavy atom. The molecule has 2 N–H and O–H groups in total. The molecule has 0 spiro atoms. The first-order valence-electron chi connectivity index (χ1n) is 5.40. The van der Waals surface area contributed by atoms with Crippen molar-refractivity contribution in [1.29, 1.82) is 0 Å². The Hall–Kier alpha value is -2.49. The molecule has 0 atom stereocenters. The standard InChI is InChI=1S/C14H13NO3/c1-18-11-6-7-13(16)10(8-11)9-15-12-4-2-3-5-14(12)17/h2-9,16-17H,1H3. The van der Waals surface area contributed by atoms with Crippen molar-refractivity contribution in [1.82, 2.24) is 0 Å². The Labute approximate surface area is 105 Å². The van der Waals surface area contributed by atoms with Gasteiger partial charge in [0.2, 0.25) is 0 Å². The fourth-order valence-corrected chi connectivity index (χ4v) is 1.48. The van der Waals surface area contributed by atoms with Crippen molar-refractivity contribution in [2.24, 2.45) is 4.99 Å². The first-order chi connectivity index (χ1) is 8.70. The van der Waals surface area contributed by atoms with Gasteiger partial charge in [0.15, 0.2) is 0 Å². The molecular weight excluding hydrogens is 230 g/mol. The maximum absolute atomic E-state index is 9.67. The van der Waals surface area contributed by atoms with Gasteiger partial charge in [0.25, 0.3) is 0 Å². The van der Waals surface area contributed by atoms with Crippen molar-refractivity contribution in [3.05, 3.63) is 48.0 Å². The molecule has 0 aliphatic carbocycles. The summed E-state index contributed by atoms with van der Waals surface area (Å²) in [5.74, 6) is 0.831. The number of phenols is 2. The zero-order valence-electron chi connectivity index (χ0n) is 9.87. The van der Waals surface area contributed by atoms with E-state index in [0.29, 0.717) is 17.0 Å². The molecule has 0 aliphatic rings. The molecule has 0 saturated carbocycles. The van der Waals surface area contributed by atoms with Gasteiger partial charge in [0.05, 0.1) is 7.11 Å². The topological polar surface area (TPSA) is 62.0 Å². The third-order valence-corrected chi connectivity index (χ3v) is 2.46. The van der Waals surface area contributed by atoms with Crippen LogP contribution in [0, 0.1) is 0 Å². The van der Waals surface area contributed by atoms with Gasteiger partial charge in [-0.25, -0.2) is 0 Å². The van der Waals surface area contributed by atoms with Crippen LogP contribution in [0.1, 0.15) is 5.56 Å². The molecule has 0 unspecified atom stereocenters. The lowest BCUT2D eigenvalue weighted by atomic mass is 10.2. The maximum Gasteiger partial charge on any atom is 0.141 e. The SMILES string of the molecule is COc1ccc(O)c(C=Nc2ccccc2O)c1. The second-order valence-corrected chi connectivity index (χ2v) is 3.67. The zero-order chi connectivity index (χ0) is 13.0. The van der Waals surface area contributed by atoms with Crippen LogP contribution in [0.2, 0.25) is 0 Å². The summed E-state index contributed by atoms with van der Waals surface area (Å²) >= 11 is 0. The van der Waals surface area contributed by atoms with Crippen molar-refractivity contribution in [3.8, 4) is 17.2 Å². The molecule has 2 aromatic rings. The molecule has 0 bridgehead atoms. The number of nitrogens with zero attached hydrogens (tertiary/aromatic N) is 1. The highest BCUT2D eigenvalue weighted by Gasteiger charge is 2.01. The minimum Gasteiger partial charge on any atom is -0.507 e. The van der Waals surface area contributed by atoms with Crippen LogP contribution in [0.15, 0.2) is 47.5 Å². The number of hydrogen-bond donors (Lipinski definition) is 2. The summed E-state index contributed by atoms with van der Waals surface area (Å²) in [6.45, 7) is 0. The van der Waals surface area contributed by atoms with Gasteiger partial charge in [0, 0.05) is 11.8 Å². The summed E-state index contributed by atoms with van der Waals surface area (Å²) in [6, 6.07) is 11.6. The third-order valence-electron chi connectivity index (χ3n) is 2.46. The highest BCUT2D eigenvalue weighted by Crippen LogP contribution is 2.26. The van der Waals surface area contributed by atoms with Gasteiger partial charge in [0.1, 0.15) is 22.9 Å². The Morgan fingerprint density at radius 1 is 1.06 bits per heavy atom. The second kappa shape index (κ2) is 5.23.